The van der Waals surface area contributed by atoms with Crippen LogP contribution < -0.4 is 10.1 Å². The van der Waals surface area contributed by atoms with Crippen LogP contribution >= 0.6 is 0 Å². The molecule has 0 aliphatic rings. The summed E-state index contributed by atoms with van der Waals surface area (Å²) in [6.07, 6.45) is 0. The third-order valence-corrected chi connectivity index (χ3v) is 1.66. The maximum atomic E-state index is 9.54. The minimum Gasteiger partial charge on any atom is -0.504 e. The first-order chi connectivity index (χ1) is 6.42. The lowest BCUT2D eigenvalue weighted by atomic mass is 10.2. The Labute approximate surface area is 84.7 Å². The van der Waals surface area contributed by atoms with Crippen LogP contribution in [0.15, 0.2) is 18.2 Å². The van der Waals surface area contributed by atoms with E-state index < -0.39 is 0 Å². The topological polar surface area (TPSA) is 41.5 Å². The molecule has 0 aromatic heterocycles. The van der Waals surface area contributed by atoms with E-state index in [9.17, 15) is 5.11 Å². The number of nitrogens with one attached hydrogen (secondary N) is 1. The smallest absolute Gasteiger partial charge is 0.163 e. The molecular weight excluding hydrogens is 178 g/mol. The van der Waals surface area contributed by atoms with Crippen molar-refractivity contribution >= 4 is 5.69 Å². The summed E-state index contributed by atoms with van der Waals surface area (Å²) in [6, 6.07) is 5.19. The molecule has 0 heterocycles. The average Bonchev–Trinajstić information content (AvgIpc) is 2.06. The second-order valence-corrected chi connectivity index (χ2v) is 4.15. The van der Waals surface area contributed by atoms with Crippen LogP contribution in [-0.2, 0) is 0 Å². The van der Waals surface area contributed by atoms with Crippen molar-refractivity contribution in [2.45, 2.75) is 26.4 Å². The van der Waals surface area contributed by atoms with Crippen LogP contribution in [0.2, 0.25) is 0 Å². The van der Waals surface area contributed by atoms with Crippen molar-refractivity contribution < 1.29 is 9.84 Å². The van der Waals surface area contributed by atoms with Crippen molar-refractivity contribution in [3.8, 4) is 11.5 Å². The second kappa shape index (κ2) is 3.78. The molecule has 0 fully saturated rings. The van der Waals surface area contributed by atoms with E-state index in [0.29, 0.717) is 5.75 Å². The van der Waals surface area contributed by atoms with Gasteiger partial charge in [0.15, 0.2) is 11.5 Å². The Hall–Kier alpha value is -1.38. The molecule has 3 nitrogen and oxygen atoms in total. The summed E-state index contributed by atoms with van der Waals surface area (Å²) in [5.41, 5.74) is 0.617. The highest BCUT2D eigenvalue weighted by Gasteiger charge is 2.14. The van der Waals surface area contributed by atoms with Gasteiger partial charge in [-0.1, -0.05) is 0 Å². The summed E-state index contributed by atoms with van der Waals surface area (Å²) >= 11 is 0. The fourth-order valence-electron chi connectivity index (χ4n) is 1.08. The van der Waals surface area contributed by atoms with Crippen LogP contribution in [0.25, 0.3) is 0 Å². The molecule has 0 saturated carbocycles. The van der Waals surface area contributed by atoms with Crippen molar-refractivity contribution in [3.63, 3.8) is 0 Å². The molecule has 0 saturated heterocycles. The number of phenolic OH excluding ortho intramolecular Hbond substituents is 1. The lowest BCUT2D eigenvalue weighted by molar-refractivity contribution is 0.126. The highest BCUT2D eigenvalue weighted by Crippen LogP contribution is 2.31. The van der Waals surface area contributed by atoms with Gasteiger partial charge in [0, 0.05) is 18.8 Å². The van der Waals surface area contributed by atoms with Gasteiger partial charge in [-0.3, -0.25) is 0 Å². The number of hydrogen-bond acceptors (Lipinski definition) is 3. The van der Waals surface area contributed by atoms with Gasteiger partial charge in [-0.05, 0) is 32.9 Å². The molecular formula is C11H17NO2. The lowest BCUT2D eigenvalue weighted by Gasteiger charge is -2.22. The Morgan fingerprint density at radius 1 is 1.29 bits per heavy atom. The quantitative estimate of drug-likeness (QED) is 0.713. The fourth-order valence-corrected chi connectivity index (χ4v) is 1.08. The molecule has 0 amide bonds. The molecule has 0 bridgehead atoms. The van der Waals surface area contributed by atoms with Gasteiger partial charge in [-0.2, -0.15) is 0 Å². The summed E-state index contributed by atoms with van der Waals surface area (Å²) < 4.78 is 5.58. The zero-order chi connectivity index (χ0) is 10.8. The SMILES string of the molecule is CNc1ccc(O)c(OC(C)(C)C)c1. The Balaban J connectivity index is 2.95. The van der Waals surface area contributed by atoms with Gasteiger partial charge >= 0.3 is 0 Å². The van der Waals surface area contributed by atoms with Crippen LogP contribution in [-0.4, -0.2) is 17.8 Å². The first-order valence-corrected chi connectivity index (χ1v) is 4.62. The molecule has 1 aromatic rings. The minimum absolute atomic E-state index is 0.166. The highest BCUT2D eigenvalue weighted by molar-refractivity contribution is 5.53. The zero-order valence-electron chi connectivity index (χ0n) is 9.09. The van der Waals surface area contributed by atoms with Crippen LogP contribution in [0, 0.1) is 0 Å². The molecule has 0 aliphatic heterocycles. The Kier molecular flexibility index (Phi) is 2.89. The molecule has 0 radical (unpaired) electrons. The molecule has 3 heteroatoms. The standard InChI is InChI=1S/C11H17NO2/c1-11(2,3)14-10-7-8(12-4)5-6-9(10)13/h5-7,12-13H,1-4H3. The third kappa shape index (κ3) is 2.83. The Morgan fingerprint density at radius 3 is 2.43 bits per heavy atom. The maximum absolute atomic E-state index is 9.54. The highest BCUT2D eigenvalue weighted by atomic mass is 16.5. The molecule has 1 aromatic carbocycles. The van der Waals surface area contributed by atoms with E-state index in [4.69, 9.17) is 4.74 Å². The van der Waals surface area contributed by atoms with Gasteiger partial charge in [0.05, 0.1) is 0 Å². The van der Waals surface area contributed by atoms with E-state index in [1.807, 2.05) is 27.8 Å². The van der Waals surface area contributed by atoms with Gasteiger partial charge in [-0.15, -0.1) is 0 Å². The van der Waals surface area contributed by atoms with E-state index in [1.54, 1.807) is 18.2 Å². The first-order valence-electron chi connectivity index (χ1n) is 4.62. The van der Waals surface area contributed by atoms with Crippen LogP contribution in [0.1, 0.15) is 20.8 Å². The summed E-state index contributed by atoms with van der Waals surface area (Å²) in [5, 5.41) is 12.5. The molecule has 0 unspecified atom stereocenters. The van der Waals surface area contributed by atoms with E-state index in [1.165, 1.54) is 0 Å². The van der Waals surface area contributed by atoms with Crippen LogP contribution in [0.5, 0.6) is 11.5 Å². The number of aromatic hydroxyl groups is 1. The Bertz CT molecular complexity index is 316. The minimum atomic E-state index is -0.302. The summed E-state index contributed by atoms with van der Waals surface area (Å²) in [7, 11) is 1.83. The van der Waals surface area contributed by atoms with Crippen molar-refractivity contribution in [2.24, 2.45) is 0 Å². The number of benzene rings is 1. The largest absolute Gasteiger partial charge is 0.504 e. The lowest BCUT2D eigenvalue weighted by Crippen LogP contribution is -2.23. The van der Waals surface area contributed by atoms with Crippen molar-refractivity contribution in [2.75, 3.05) is 12.4 Å². The van der Waals surface area contributed by atoms with Gasteiger partial charge in [0.25, 0.3) is 0 Å². The van der Waals surface area contributed by atoms with E-state index >= 15 is 0 Å². The summed E-state index contributed by atoms with van der Waals surface area (Å²) in [6.45, 7) is 5.83. The van der Waals surface area contributed by atoms with E-state index in [0.717, 1.165) is 5.69 Å². The third-order valence-electron chi connectivity index (χ3n) is 1.66. The average molecular weight is 195 g/mol. The van der Waals surface area contributed by atoms with Crippen LogP contribution in [0.3, 0.4) is 0 Å². The number of phenols is 1. The zero-order valence-corrected chi connectivity index (χ0v) is 9.09. The predicted molar refractivity (Wildman–Crippen MR) is 58.0 cm³/mol. The molecule has 78 valence electrons. The second-order valence-electron chi connectivity index (χ2n) is 4.15. The first kappa shape index (κ1) is 10.7. The van der Waals surface area contributed by atoms with Gasteiger partial charge in [0.2, 0.25) is 0 Å². The Morgan fingerprint density at radius 2 is 1.93 bits per heavy atom. The molecule has 0 spiro atoms. The fraction of sp³-hybridized carbons (Fsp3) is 0.455. The molecule has 0 aliphatic carbocycles. The summed E-state index contributed by atoms with van der Waals surface area (Å²) in [5.74, 6) is 0.670. The molecule has 2 N–H and O–H groups in total. The van der Waals surface area contributed by atoms with Crippen molar-refractivity contribution in [1.82, 2.24) is 0 Å². The van der Waals surface area contributed by atoms with Gasteiger partial charge in [0.1, 0.15) is 5.60 Å². The van der Waals surface area contributed by atoms with Crippen molar-refractivity contribution in [1.29, 1.82) is 0 Å². The predicted octanol–water partition coefficient (Wildman–Crippen LogP) is 2.61. The molecule has 14 heavy (non-hydrogen) atoms. The van der Waals surface area contributed by atoms with Crippen molar-refractivity contribution in [3.05, 3.63) is 18.2 Å². The number of rotatable bonds is 2. The monoisotopic (exact) mass is 195 g/mol. The number of anilines is 1. The van der Waals surface area contributed by atoms with E-state index in [2.05, 4.69) is 5.32 Å². The molecule has 1 rings (SSSR count). The maximum Gasteiger partial charge on any atom is 0.163 e. The van der Waals surface area contributed by atoms with Gasteiger partial charge < -0.3 is 15.2 Å². The number of ether oxygens (including phenoxy) is 1. The van der Waals surface area contributed by atoms with Gasteiger partial charge in [-0.25, -0.2) is 0 Å². The molecule has 0 atom stereocenters. The summed E-state index contributed by atoms with van der Waals surface area (Å²) in [4.78, 5) is 0. The van der Waals surface area contributed by atoms with Crippen LogP contribution in [0.4, 0.5) is 5.69 Å². The normalized spacial score (nSPS) is 11.1. The van der Waals surface area contributed by atoms with E-state index in [-0.39, 0.29) is 11.4 Å². The number of hydrogen-bond donors (Lipinski definition) is 2.